The van der Waals surface area contributed by atoms with Crippen molar-refractivity contribution in [1.29, 1.82) is 0 Å². The van der Waals surface area contributed by atoms with Crippen LogP contribution in [-0.2, 0) is 11.3 Å². The Hall–Kier alpha value is -2.02. The number of nitro groups is 1. The molecule has 2 N–H and O–H groups in total. The SMILES string of the molecule is Cc1cnc(CNCC2CCC(=O)N2)c(C)c1[N+](=O)[O-]. The van der Waals surface area contributed by atoms with E-state index < -0.39 is 0 Å². The van der Waals surface area contributed by atoms with Gasteiger partial charge < -0.3 is 10.6 Å². The smallest absolute Gasteiger partial charge is 0.278 e. The van der Waals surface area contributed by atoms with Crippen LogP contribution in [0, 0.1) is 24.0 Å². The Morgan fingerprint density at radius 2 is 2.30 bits per heavy atom. The molecular formula is C13H18N4O3. The molecular weight excluding hydrogens is 260 g/mol. The number of carbonyl (C=O) groups excluding carboxylic acids is 1. The first-order valence-electron chi connectivity index (χ1n) is 6.58. The molecule has 7 nitrogen and oxygen atoms in total. The number of aromatic nitrogens is 1. The zero-order chi connectivity index (χ0) is 14.7. The van der Waals surface area contributed by atoms with E-state index in [4.69, 9.17) is 0 Å². The molecule has 1 aliphatic rings. The lowest BCUT2D eigenvalue weighted by Gasteiger charge is -2.12. The molecule has 1 fully saturated rings. The zero-order valence-corrected chi connectivity index (χ0v) is 11.6. The summed E-state index contributed by atoms with van der Waals surface area (Å²) in [4.78, 5) is 26.0. The largest absolute Gasteiger partial charge is 0.352 e. The normalized spacial score (nSPS) is 18.1. The monoisotopic (exact) mass is 278 g/mol. The Labute approximate surface area is 116 Å². The Balaban J connectivity index is 1.98. The van der Waals surface area contributed by atoms with Gasteiger partial charge >= 0.3 is 0 Å². The molecule has 0 spiro atoms. The second kappa shape index (κ2) is 5.96. The minimum Gasteiger partial charge on any atom is -0.352 e. The van der Waals surface area contributed by atoms with Crippen molar-refractivity contribution in [3.8, 4) is 0 Å². The van der Waals surface area contributed by atoms with Crippen molar-refractivity contribution in [2.45, 2.75) is 39.3 Å². The predicted molar refractivity (Wildman–Crippen MR) is 73.2 cm³/mol. The summed E-state index contributed by atoms with van der Waals surface area (Å²) < 4.78 is 0. The molecule has 0 bridgehead atoms. The van der Waals surface area contributed by atoms with E-state index in [1.165, 1.54) is 6.20 Å². The predicted octanol–water partition coefficient (Wildman–Crippen LogP) is 0.975. The third-order valence-corrected chi connectivity index (χ3v) is 3.53. The molecule has 1 aromatic heterocycles. The van der Waals surface area contributed by atoms with E-state index in [1.807, 2.05) is 0 Å². The maximum Gasteiger partial charge on any atom is 0.278 e. The van der Waals surface area contributed by atoms with Crippen LogP contribution >= 0.6 is 0 Å². The topological polar surface area (TPSA) is 97.2 Å². The summed E-state index contributed by atoms with van der Waals surface area (Å²) in [5, 5.41) is 17.1. The number of hydrogen-bond acceptors (Lipinski definition) is 5. The third-order valence-electron chi connectivity index (χ3n) is 3.53. The first-order chi connectivity index (χ1) is 9.49. The average Bonchev–Trinajstić information content (AvgIpc) is 2.77. The lowest BCUT2D eigenvalue weighted by Crippen LogP contribution is -2.35. The second-order valence-corrected chi connectivity index (χ2v) is 5.05. The fourth-order valence-electron chi connectivity index (χ4n) is 2.42. The van der Waals surface area contributed by atoms with Crippen molar-refractivity contribution >= 4 is 11.6 Å². The Kier molecular flexibility index (Phi) is 4.29. The van der Waals surface area contributed by atoms with Gasteiger partial charge in [0.05, 0.1) is 10.6 Å². The van der Waals surface area contributed by atoms with Crippen LogP contribution in [0.25, 0.3) is 0 Å². The van der Waals surface area contributed by atoms with Crippen molar-refractivity contribution in [1.82, 2.24) is 15.6 Å². The maximum atomic E-state index is 11.1. The number of rotatable bonds is 5. The first-order valence-corrected chi connectivity index (χ1v) is 6.58. The van der Waals surface area contributed by atoms with Crippen LogP contribution in [0.1, 0.15) is 29.7 Å². The highest BCUT2D eigenvalue weighted by atomic mass is 16.6. The number of amides is 1. The minimum absolute atomic E-state index is 0.0806. The molecule has 0 aliphatic carbocycles. The summed E-state index contributed by atoms with van der Waals surface area (Å²) in [5.74, 6) is 0.0806. The Morgan fingerprint density at radius 1 is 1.55 bits per heavy atom. The van der Waals surface area contributed by atoms with E-state index in [9.17, 15) is 14.9 Å². The lowest BCUT2D eigenvalue weighted by atomic mass is 10.1. The van der Waals surface area contributed by atoms with Gasteiger partial charge in [0.1, 0.15) is 0 Å². The molecule has 1 amide bonds. The molecule has 2 rings (SSSR count). The fraction of sp³-hybridized carbons (Fsp3) is 0.538. The molecule has 0 radical (unpaired) electrons. The van der Waals surface area contributed by atoms with Gasteiger partial charge in [0.25, 0.3) is 5.69 Å². The van der Waals surface area contributed by atoms with Crippen LogP contribution in [0.15, 0.2) is 6.20 Å². The summed E-state index contributed by atoms with van der Waals surface area (Å²) in [6.07, 6.45) is 2.92. The van der Waals surface area contributed by atoms with Crippen molar-refractivity contribution in [2.24, 2.45) is 0 Å². The van der Waals surface area contributed by atoms with Gasteiger partial charge in [-0.2, -0.15) is 0 Å². The van der Waals surface area contributed by atoms with Crippen molar-refractivity contribution < 1.29 is 9.72 Å². The van der Waals surface area contributed by atoms with Crippen LogP contribution in [0.4, 0.5) is 5.69 Å². The number of aryl methyl sites for hydroxylation is 1. The van der Waals surface area contributed by atoms with E-state index in [2.05, 4.69) is 15.6 Å². The van der Waals surface area contributed by atoms with Gasteiger partial charge in [0.15, 0.2) is 0 Å². The average molecular weight is 278 g/mol. The Bertz CT molecular complexity index is 545. The van der Waals surface area contributed by atoms with Gasteiger partial charge in [0, 0.05) is 42.9 Å². The number of nitrogens with one attached hydrogen (secondary N) is 2. The summed E-state index contributed by atoms with van der Waals surface area (Å²) in [6, 6.07) is 0.142. The van der Waals surface area contributed by atoms with E-state index >= 15 is 0 Å². The van der Waals surface area contributed by atoms with E-state index in [0.717, 1.165) is 6.42 Å². The first kappa shape index (κ1) is 14.4. The van der Waals surface area contributed by atoms with Crippen LogP contribution in [-0.4, -0.2) is 28.4 Å². The fourth-order valence-corrected chi connectivity index (χ4v) is 2.42. The van der Waals surface area contributed by atoms with Gasteiger partial charge in [-0.25, -0.2) is 0 Å². The van der Waals surface area contributed by atoms with Gasteiger partial charge in [-0.15, -0.1) is 0 Å². The summed E-state index contributed by atoms with van der Waals surface area (Å²) in [5.41, 5.74) is 1.97. The standard InChI is InChI=1S/C13H18N4O3/c1-8-5-15-11(9(2)13(8)17(19)20)7-14-6-10-3-4-12(18)16-10/h5,10,14H,3-4,6-7H2,1-2H3,(H,16,18). The molecule has 0 saturated carbocycles. The molecule has 2 heterocycles. The number of hydrogen-bond donors (Lipinski definition) is 2. The number of pyridine rings is 1. The van der Waals surface area contributed by atoms with Gasteiger partial charge in [-0.3, -0.25) is 19.9 Å². The Morgan fingerprint density at radius 3 is 2.90 bits per heavy atom. The van der Waals surface area contributed by atoms with Gasteiger partial charge in [-0.1, -0.05) is 0 Å². The molecule has 1 saturated heterocycles. The van der Waals surface area contributed by atoms with Crippen molar-refractivity contribution in [3.63, 3.8) is 0 Å². The highest BCUT2D eigenvalue weighted by molar-refractivity contribution is 5.78. The zero-order valence-electron chi connectivity index (χ0n) is 11.6. The molecule has 0 aromatic carbocycles. The molecule has 1 aromatic rings. The quantitative estimate of drug-likeness (QED) is 0.618. The van der Waals surface area contributed by atoms with Crippen LogP contribution in [0.2, 0.25) is 0 Å². The van der Waals surface area contributed by atoms with E-state index in [0.29, 0.717) is 36.3 Å². The summed E-state index contributed by atoms with van der Waals surface area (Å²) in [7, 11) is 0. The summed E-state index contributed by atoms with van der Waals surface area (Å²) in [6.45, 7) is 4.50. The maximum absolute atomic E-state index is 11.1. The van der Waals surface area contributed by atoms with Crippen LogP contribution in [0.5, 0.6) is 0 Å². The highest BCUT2D eigenvalue weighted by Gasteiger charge is 2.21. The molecule has 7 heteroatoms. The van der Waals surface area contributed by atoms with Gasteiger partial charge in [0.2, 0.25) is 5.91 Å². The van der Waals surface area contributed by atoms with Crippen LogP contribution in [0.3, 0.4) is 0 Å². The molecule has 1 atom stereocenters. The molecule has 20 heavy (non-hydrogen) atoms. The van der Waals surface area contributed by atoms with E-state index in [1.54, 1.807) is 13.8 Å². The van der Waals surface area contributed by atoms with E-state index in [-0.39, 0.29) is 22.6 Å². The summed E-state index contributed by atoms with van der Waals surface area (Å²) >= 11 is 0. The lowest BCUT2D eigenvalue weighted by molar-refractivity contribution is -0.386. The third kappa shape index (κ3) is 3.11. The van der Waals surface area contributed by atoms with Crippen molar-refractivity contribution in [2.75, 3.05) is 6.54 Å². The molecule has 108 valence electrons. The minimum atomic E-state index is -0.368. The van der Waals surface area contributed by atoms with Crippen molar-refractivity contribution in [3.05, 3.63) is 33.1 Å². The number of nitrogens with zero attached hydrogens (tertiary/aromatic N) is 2. The number of carbonyl (C=O) groups is 1. The van der Waals surface area contributed by atoms with Crippen LogP contribution < -0.4 is 10.6 Å². The molecule has 1 aliphatic heterocycles. The highest BCUT2D eigenvalue weighted by Crippen LogP contribution is 2.23. The molecule has 1 unspecified atom stereocenters. The second-order valence-electron chi connectivity index (χ2n) is 5.05. The van der Waals surface area contributed by atoms with Gasteiger partial charge in [-0.05, 0) is 20.3 Å².